The van der Waals surface area contributed by atoms with E-state index in [1.165, 1.54) is 0 Å². The maximum atomic E-state index is 11.3. The topological polar surface area (TPSA) is 150 Å². The molecular weight excluding hydrogens is 296 g/mol. The fourth-order valence-electron chi connectivity index (χ4n) is 2.05. The molecule has 1 fully saturated rings. The SMILES string of the molecule is CCCC(=O)OC[C@H]1O[C@@H](n2cnc(C(N)=O)n2)[C@@H](O)[C@H]1O. The Kier molecular flexibility index (Phi) is 5.06. The average Bonchev–Trinajstić information content (AvgIpc) is 3.05. The van der Waals surface area contributed by atoms with Gasteiger partial charge in [-0.1, -0.05) is 6.92 Å². The van der Waals surface area contributed by atoms with Crippen molar-refractivity contribution in [1.82, 2.24) is 14.8 Å². The Balaban J connectivity index is 1.99. The summed E-state index contributed by atoms with van der Waals surface area (Å²) in [7, 11) is 0. The van der Waals surface area contributed by atoms with E-state index in [1.54, 1.807) is 0 Å². The van der Waals surface area contributed by atoms with Gasteiger partial charge in [0.25, 0.3) is 5.91 Å². The third-order valence-corrected chi connectivity index (χ3v) is 3.19. The van der Waals surface area contributed by atoms with Crippen LogP contribution < -0.4 is 5.73 Å². The second kappa shape index (κ2) is 6.81. The van der Waals surface area contributed by atoms with E-state index in [0.717, 1.165) is 11.0 Å². The number of hydrogen-bond donors (Lipinski definition) is 3. The van der Waals surface area contributed by atoms with Crippen LogP contribution in [0.4, 0.5) is 0 Å². The molecule has 0 unspecified atom stereocenters. The van der Waals surface area contributed by atoms with Gasteiger partial charge >= 0.3 is 5.97 Å². The van der Waals surface area contributed by atoms with Crippen LogP contribution in [-0.2, 0) is 14.3 Å². The fourth-order valence-corrected chi connectivity index (χ4v) is 2.05. The number of nitrogens with two attached hydrogens (primary N) is 1. The number of primary amides is 1. The van der Waals surface area contributed by atoms with Crippen LogP contribution in [0.2, 0.25) is 0 Å². The van der Waals surface area contributed by atoms with Crippen LogP contribution in [0.1, 0.15) is 36.6 Å². The van der Waals surface area contributed by atoms with Crippen molar-refractivity contribution in [3.05, 3.63) is 12.2 Å². The highest BCUT2D eigenvalue weighted by molar-refractivity contribution is 5.88. The Morgan fingerprint density at radius 2 is 2.18 bits per heavy atom. The van der Waals surface area contributed by atoms with Crippen LogP contribution in [0.25, 0.3) is 0 Å². The summed E-state index contributed by atoms with van der Waals surface area (Å²) in [6.07, 6.45) is -2.45. The minimum atomic E-state index is -1.31. The molecule has 2 rings (SSSR count). The number of ether oxygens (including phenoxy) is 2. The highest BCUT2D eigenvalue weighted by Gasteiger charge is 2.44. The highest BCUT2D eigenvalue weighted by atomic mass is 16.6. The van der Waals surface area contributed by atoms with Crippen LogP contribution in [0.3, 0.4) is 0 Å². The standard InChI is InChI=1S/C12H18N4O6/c1-2-3-7(17)21-4-6-8(18)9(19)12(22-6)16-5-14-11(15-16)10(13)20/h5-6,8-9,12,18-19H,2-4H2,1H3,(H2,13,20)/t6-,8+,9+,12-/m1/s1. The van der Waals surface area contributed by atoms with E-state index in [2.05, 4.69) is 10.1 Å². The van der Waals surface area contributed by atoms with E-state index in [1.807, 2.05) is 6.92 Å². The molecule has 4 N–H and O–H groups in total. The summed E-state index contributed by atoms with van der Waals surface area (Å²) in [6.45, 7) is 1.65. The number of carbonyl (C=O) groups excluding carboxylic acids is 2. The summed E-state index contributed by atoms with van der Waals surface area (Å²) < 4.78 is 11.5. The van der Waals surface area contributed by atoms with Gasteiger partial charge in [-0.2, -0.15) is 0 Å². The molecule has 1 aliphatic heterocycles. The first kappa shape index (κ1) is 16.3. The Morgan fingerprint density at radius 3 is 2.77 bits per heavy atom. The average molecular weight is 314 g/mol. The van der Waals surface area contributed by atoms with Crippen LogP contribution >= 0.6 is 0 Å². The zero-order valence-corrected chi connectivity index (χ0v) is 12.0. The van der Waals surface area contributed by atoms with E-state index >= 15 is 0 Å². The monoisotopic (exact) mass is 314 g/mol. The molecule has 122 valence electrons. The number of amides is 1. The lowest BCUT2D eigenvalue weighted by molar-refractivity contribution is -0.150. The number of carbonyl (C=O) groups is 2. The maximum Gasteiger partial charge on any atom is 0.305 e. The Morgan fingerprint density at radius 1 is 1.45 bits per heavy atom. The summed E-state index contributed by atoms with van der Waals surface area (Å²) in [5.74, 6) is -1.46. The highest BCUT2D eigenvalue weighted by Crippen LogP contribution is 2.28. The van der Waals surface area contributed by atoms with Crippen molar-refractivity contribution in [3.8, 4) is 0 Å². The molecule has 22 heavy (non-hydrogen) atoms. The van der Waals surface area contributed by atoms with E-state index in [-0.39, 0.29) is 18.9 Å². The smallest absolute Gasteiger partial charge is 0.305 e. The van der Waals surface area contributed by atoms with Gasteiger partial charge in [0.2, 0.25) is 5.82 Å². The van der Waals surface area contributed by atoms with Gasteiger partial charge < -0.3 is 25.4 Å². The van der Waals surface area contributed by atoms with E-state index in [0.29, 0.717) is 6.42 Å². The first-order chi connectivity index (χ1) is 10.4. The van der Waals surface area contributed by atoms with Crippen molar-refractivity contribution < 1.29 is 29.3 Å². The van der Waals surface area contributed by atoms with Crippen LogP contribution in [0.15, 0.2) is 6.33 Å². The molecule has 1 aliphatic rings. The molecule has 0 aromatic carbocycles. The maximum absolute atomic E-state index is 11.3. The van der Waals surface area contributed by atoms with Gasteiger partial charge in [0.1, 0.15) is 31.2 Å². The molecule has 2 heterocycles. The number of aliphatic hydroxyl groups excluding tert-OH is 2. The fraction of sp³-hybridized carbons (Fsp3) is 0.667. The van der Waals surface area contributed by atoms with Gasteiger partial charge in [-0.15, -0.1) is 5.10 Å². The van der Waals surface area contributed by atoms with Gasteiger partial charge in [-0.3, -0.25) is 9.59 Å². The molecule has 10 heteroatoms. The summed E-state index contributed by atoms with van der Waals surface area (Å²) >= 11 is 0. The lowest BCUT2D eigenvalue weighted by atomic mass is 10.1. The molecule has 1 amide bonds. The minimum Gasteiger partial charge on any atom is -0.463 e. The van der Waals surface area contributed by atoms with Crippen molar-refractivity contribution in [2.24, 2.45) is 5.73 Å². The Labute approximate surface area is 125 Å². The molecule has 10 nitrogen and oxygen atoms in total. The molecule has 1 saturated heterocycles. The van der Waals surface area contributed by atoms with Gasteiger partial charge in [0.15, 0.2) is 6.23 Å². The van der Waals surface area contributed by atoms with Crippen LogP contribution in [0, 0.1) is 0 Å². The van der Waals surface area contributed by atoms with E-state index in [4.69, 9.17) is 15.2 Å². The molecule has 0 bridgehead atoms. The predicted molar refractivity (Wildman–Crippen MR) is 70.3 cm³/mol. The van der Waals surface area contributed by atoms with Gasteiger partial charge in [0.05, 0.1) is 0 Å². The Bertz CT molecular complexity index is 547. The van der Waals surface area contributed by atoms with Gasteiger partial charge in [0, 0.05) is 6.42 Å². The first-order valence-electron chi connectivity index (χ1n) is 6.82. The zero-order chi connectivity index (χ0) is 16.3. The quantitative estimate of drug-likeness (QED) is 0.528. The summed E-state index contributed by atoms with van der Waals surface area (Å²) in [5, 5.41) is 23.7. The Hall–Kier alpha value is -2.04. The summed E-state index contributed by atoms with van der Waals surface area (Å²) in [5.41, 5.74) is 5.04. The number of nitrogens with zero attached hydrogens (tertiary/aromatic N) is 3. The van der Waals surface area contributed by atoms with E-state index in [9.17, 15) is 19.8 Å². The number of aliphatic hydroxyl groups is 2. The molecule has 4 atom stereocenters. The molecule has 1 aromatic heterocycles. The number of rotatable bonds is 6. The number of esters is 1. The number of aromatic nitrogens is 3. The van der Waals surface area contributed by atoms with Crippen molar-refractivity contribution >= 4 is 11.9 Å². The minimum absolute atomic E-state index is 0.190. The van der Waals surface area contributed by atoms with Crippen molar-refractivity contribution in [1.29, 1.82) is 0 Å². The third-order valence-electron chi connectivity index (χ3n) is 3.19. The number of hydrogen-bond acceptors (Lipinski definition) is 8. The van der Waals surface area contributed by atoms with Crippen molar-refractivity contribution in [2.75, 3.05) is 6.61 Å². The largest absolute Gasteiger partial charge is 0.463 e. The molecular formula is C12H18N4O6. The predicted octanol–water partition coefficient (Wildman–Crippen LogP) is -1.66. The normalized spacial score (nSPS) is 27.8. The van der Waals surface area contributed by atoms with Gasteiger partial charge in [-0.05, 0) is 6.42 Å². The summed E-state index contributed by atoms with van der Waals surface area (Å²) in [4.78, 5) is 25.9. The molecule has 0 radical (unpaired) electrons. The lowest BCUT2D eigenvalue weighted by Crippen LogP contribution is -2.34. The first-order valence-corrected chi connectivity index (χ1v) is 6.82. The van der Waals surface area contributed by atoms with E-state index < -0.39 is 36.4 Å². The van der Waals surface area contributed by atoms with Crippen LogP contribution in [0.5, 0.6) is 0 Å². The van der Waals surface area contributed by atoms with Crippen LogP contribution in [-0.4, -0.2) is 61.8 Å². The van der Waals surface area contributed by atoms with Gasteiger partial charge in [-0.25, -0.2) is 9.67 Å². The molecule has 0 aliphatic carbocycles. The van der Waals surface area contributed by atoms with Crippen molar-refractivity contribution in [3.63, 3.8) is 0 Å². The second-order valence-corrected chi connectivity index (χ2v) is 4.89. The molecule has 0 spiro atoms. The lowest BCUT2D eigenvalue weighted by Gasteiger charge is -2.14. The zero-order valence-electron chi connectivity index (χ0n) is 12.0. The molecule has 0 saturated carbocycles. The third kappa shape index (κ3) is 3.40. The second-order valence-electron chi connectivity index (χ2n) is 4.89. The van der Waals surface area contributed by atoms with Crippen molar-refractivity contribution in [2.45, 2.75) is 44.3 Å². The summed E-state index contributed by atoms with van der Waals surface area (Å²) in [6, 6.07) is 0. The molecule has 1 aromatic rings.